The van der Waals surface area contributed by atoms with Crippen molar-refractivity contribution in [1.29, 1.82) is 0 Å². The Bertz CT molecular complexity index is 1000. The molecule has 3 aromatic rings. The molecular formula is C13H7ClF3N5OS. The number of rotatable bonds is 2. The van der Waals surface area contributed by atoms with Gasteiger partial charge in [-0.3, -0.25) is 14.5 Å². The number of halogens is 4. The summed E-state index contributed by atoms with van der Waals surface area (Å²) in [6, 6.07) is 5.43. The highest BCUT2D eigenvalue weighted by molar-refractivity contribution is 7.71. The van der Waals surface area contributed by atoms with Crippen LogP contribution in [-0.4, -0.2) is 25.0 Å². The highest BCUT2D eigenvalue weighted by Gasteiger charge is 2.31. The highest BCUT2D eigenvalue weighted by atomic mass is 35.5. The lowest BCUT2D eigenvalue weighted by atomic mass is 10.2. The van der Waals surface area contributed by atoms with Gasteiger partial charge >= 0.3 is 6.18 Å². The molecule has 0 radical (unpaired) electrons. The molecule has 0 unspecified atom stereocenters. The van der Waals surface area contributed by atoms with Gasteiger partial charge in [-0.1, -0.05) is 11.6 Å². The number of benzene rings is 1. The van der Waals surface area contributed by atoms with Crippen LogP contribution < -0.4 is 5.56 Å². The zero-order chi connectivity index (χ0) is 17.5. The molecule has 0 fully saturated rings. The van der Waals surface area contributed by atoms with Crippen LogP contribution in [0.1, 0.15) is 5.56 Å². The Morgan fingerprint density at radius 3 is 2.50 bits per heavy atom. The molecule has 2 heterocycles. The van der Waals surface area contributed by atoms with Crippen LogP contribution in [0.2, 0.25) is 5.02 Å². The normalized spacial score (nSPS) is 11.7. The van der Waals surface area contributed by atoms with Crippen LogP contribution in [0.4, 0.5) is 13.2 Å². The van der Waals surface area contributed by atoms with Gasteiger partial charge in [-0.05, 0) is 36.5 Å². The number of hydrogen-bond donors (Lipinski definition) is 2. The van der Waals surface area contributed by atoms with Crippen molar-refractivity contribution in [2.75, 3.05) is 0 Å². The van der Waals surface area contributed by atoms with E-state index in [4.69, 9.17) is 23.8 Å². The van der Waals surface area contributed by atoms with Gasteiger partial charge in [0.05, 0.1) is 16.3 Å². The van der Waals surface area contributed by atoms with Crippen molar-refractivity contribution in [3.8, 4) is 17.2 Å². The molecule has 3 rings (SSSR count). The average molecular weight is 374 g/mol. The lowest BCUT2D eigenvalue weighted by Gasteiger charge is -2.12. The Morgan fingerprint density at radius 1 is 1.12 bits per heavy atom. The summed E-state index contributed by atoms with van der Waals surface area (Å²) in [7, 11) is 0. The number of aromatic amines is 2. The van der Waals surface area contributed by atoms with E-state index in [1.54, 1.807) is 0 Å². The quantitative estimate of drug-likeness (QED) is 0.675. The Balaban J connectivity index is 2.24. The standard InChI is InChI=1S/C13H7ClF3N5OS/c14-7-2-1-6(13(15,16)17)5-9(7)22-11(20-21-12(22)24)8-3-4-10(23)19-18-8/h1-5H,(H,19,23)(H,21,24). The van der Waals surface area contributed by atoms with E-state index in [2.05, 4.69) is 20.4 Å². The largest absolute Gasteiger partial charge is 0.416 e. The molecule has 0 spiro atoms. The van der Waals surface area contributed by atoms with E-state index in [0.717, 1.165) is 18.2 Å². The summed E-state index contributed by atoms with van der Waals surface area (Å²) < 4.78 is 40.1. The minimum Gasteiger partial charge on any atom is -0.268 e. The second-order valence-corrected chi connectivity index (χ2v) is 5.45. The topological polar surface area (TPSA) is 79.4 Å². The smallest absolute Gasteiger partial charge is 0.268 e. The first kappa shape index (κ1) is 16.4. The van der Waals surface area contributed by atoms with Crippen molar-refractivity contribution in [3.63, 3.8) is 0 Å². The summed E-state index contributed by atoms with van der Waals surface area (Å²) in [6.07, 6.45) is -4.54. The van der Waals surface area contributed by atoms with Gasteiger partial charge in [-0.15, -0.1) is 0 Å². The zero-order valence-electron chi connectivity index (χ0n) is 11.6. The SMILES string of the molecule is O=c1ccc(-c2n[nH]c(=S)n2-c2cc(C(F)(F)F)ccc2Cl)n[nH]1. The average Bonchev–Trinajstić information content (AvgIpc) is 2.89. The molecule has 0 saturated carbocycles. The lowest BCUT2D eigenvalue weighted by molar-refractivity contribution is -0.137. The Hall–Kier alpha value is -2.46. The fraction of sp³-hybridized carbons (Fsp3) is 0.0769. The molecule has 24 heavy (non-hydrogen) atoms. The summed E-state index contributed by atoms with van der Waals surface area (Å²) >= 11 is 11.1. The van der Waals surface area contributed by atoms with Crippen LogP contribution in [0.15, 0.2) is 35.1 Å². The van der Waals surface area contributed by atoms with Crippen LogP contribution in [0.25, 0.3) is 17.2 Å². The minimum atomic E-state index is -4.54. The first-order chi connectivity index (χ1) is 11.3. The van der Waals surface area contributed by atoms with Crippen LogP contribution in [0.5, 0.6) is 0 Å². The molecule has 0 amide bonds. The Kier molecular flexibility index (Phi) is 4.01. The number of alkyl halides is 3. The van der Waals surface area contributed by atoms with Crippen molar-refractivity contribution in [3.05, 3.63) is 56.0 Å². The maximum Gasteiger partial charge on any atom is 0.416 e. The molecule has 0 atom stereocenters. The molecule has 0 aliphatic heterocycles. The van der Waals surface area contributed by atoms with Gasteiger partial charge in [0.15, 0.2) is 10.6 Å². The zero-order valence-corrected chi connectivity index (χ0v) is 13.1. The molecule has 6 nitrogen and oxygen atoms in total. The van der Waals surface area contributed by atoms with E-state index in [9.17, 15) is 18.0 Å². The summed E-state index contributed by atoms with van der Waals surface area (Å²) in [6.45, 7) is 0. The second-order valence-electron chi connectivity index (χ2n) is 4.66. The Morgan fingerprint density at radius 2 is 1.88 bits per heavy atom. The van der Waals surface area contributed by atoms with Gasteiger partial charge in [-0.25, -0.2) is 5.10 Å². The maximum absolute atomic E-state index is 13.0. The van der Waals surface area contributed by atoms with Gasteiger partial charge in [0, 0.05) is 6.07 Å². The predicted octanol–water partition coefficient (Wildman–Crippen LogP) is 3.35. The van der Waals surface area contributed by atoms with E-state index >= 15 is 0 Å². The minimum absolute atomic E-state index is 0.00626. The fourth-order valence-corrected chi connectivity index (χ4v) is 2.45. The third kappa shape index (κ3) is 2.97. The molecule has 2 aromatic heterocycles. The second kappa shape index (κ2) is 5.87. The Labute approximate surface area is 141 Å². The summed E-state index contributed by atoms with van der Waals surface area (Å²) in [5.74, 6) is 0.109. The van der Waals surface area contributed by atoms with E-state index in [1.165, 1.54) is 16.7 Å². The summed E-state index contributed by atoms with van der Waals surface area (Å²) in [5, 5.41) is 12.5. The van der Waals surface area contributed by atoms with E-state index in [0.29, 0.717) is 0 Å². The van der Waals surface area contributed by atoms with Crippen LogP contribution >= 0.6 is 23.8 Å². The molecule has 0 aliphatic rings. The van der Waals surface area contributed by atoms with E-state index < -0.39 is 17.3 Å². The molecule has 0 saturated heterocycles. The maximum atomic E-state index is 13.0. The highest BCUT2D eigenvalue weighted by Crippen LogP contribution is 2.34. The monoisotopic (exact) mass is 373 g/mol. The van der Waals surface area contributed by atoms with Crippen molar-refractivity contribution in [2.24, 2.45) is 0 Å². The number of H-pyrrole nitrogens is 2. The third-order valence-corrected chi connectivity index (χ3v) is 3.69. The van der Waals surface area contributed by atoms with Crippen LogP contribution in [0.3, 0.4) is 0 Å². The summed E-state index contributed by atoms with van der Waals surface area (Å²) in [5.41, 5.74) is -1.12. The van der Waals surface area contributed by atoms with Gasteiger partial charge in [0.1, 0.15) is 5.69 Å². The molecular weight excluding hydrogens is 367 g/mol. The molecule has 1 aromatic carbocycles. The molecule has 0 bridgehead atoms. The molecule has 11 heteroatoms. The fourth-order valence-electron chi connectivity index (χ4n) is 2.02. The van der Waals surface area contributed by atoms with Crippen molar-refractivity contribution in [2.45, 2.75) is 6.18 Å². The van der Waals surface area contributed by atoms with E-state index in [1.807, 2.05) is 0 Å². The third-order valence-electron chi connectivity index (χ3n) is 3.09. The number of aromatic nitrogens is 5. The van der Waals surface area contributed by atoms with Crippen LogP contribution in [0, 0.1) is 4.77 Å². The first-order valence-electron chi connectivity index (χ1n) is 6.38. The number of nitrogens with one attached hydrogen (secondary N) is 2. The van der Waals surface area contributed by atoms with Gasteiger partial charge < -0.3 is 0 Å². The number of hydrogen-bond acceptors (Lipinski definition) is 4. The van der Waals surface area contributed by atoms with Gasteiger partial charge in [0.25, 0.3) is 5.56 Å². The van der Waals surface area contributed by atoms with Gasteiger partial charge in [-0.2, -0.15) is 23.4 Å². The van der Waals surface area contributed by atoms with Crippen molar-refractivity contribution in [1.82, 2.24) is 25.0 Å². The van der Waals surface area contributed by atoms with E-state index in [-0.39, 0.29) is 27.0 Å². The lowest BCUT2D eigenvalue weighted by Crippen LogP contribution is -2.09. The van der Waals surface area contributed by atoms with Crippen molar-refractivity contribution < 1.29 is 13.2 Å². The molecule has 124 valence electrons. The van der Waals surface area contributed by atoms with Crippen LogP contribution in [-0.2, 0) is 6.18 Å². The molecule has 0 aliphatic carbocycles. The first-order valence-corrected chi connectivity index (χ1v) is 7.16. The predicted molar refractivity (Wildman–Crippen MR) is 82.6 cm³/mol. The summed E-state index contributed by atoms with van der Waals surface area (Å²) in [4.78, 5) is 11.1. The van der Waals surface area contributed by atoms with Crippen molar-refractivity contribution >= 4 is 23.8 Å². The van der Waals surface area contributed by atoms with Gasteiger partial charge in [0.2, 0.25) is 0 Å². The molecule has 2 N–H and O–H groups in total. The number of nitrogens with zero attached hydrogens (tertiary/aromatic N) is 3.